The zero-order chi connectivity index (χ0) is 23.3. The Hall–Kier alpha value is -2.62. The average Bonchev–Trinajstić information content (AvgIpc) is 2.82. The van der Waals surface area contributed by atoms with Crippen LogP contribution in [0.4, 0.5) is 0 Å². The molecule has 0 spiro atoms. The van der Waals surface area contributed by atoms with Gasteiger partial charge in [0, 0.05) is 18.7 Å². The smallest absolute Gasteiger partial charge is 0.338 e. The first kappa shape index (κ1) is 24.0. The Morgan fingerprint density at radius 2 is 1.59 bits per heavy atom. The molecule has 1 heterocycles. The number of benzene rings is 2. The highest BCUT2D eigenvalue weighted by Gasteiger charge is 2.29. The molecule has 2 aromatic carbocycles. The largest absolute Gasteiger partial charge is 0.493 e. The Kier molecular flexibility index (Phi) is 7.76. The Bertz CT molecular complexity index is 1110. The zero-order valence-electron chi connectivity index (χ0n) is 17.8. The van der Waals surface area contributed by atoms with Crippen LogP contribution in [0.3, 0.4) is 0 Å². The summed E-state index contributed by atoms with van der Waals surface area (Å²) in [7, 11) is -0.911. The molecule has 0 aromatic heterocycles. The van der Waals surface area contributed by atoms with Crippen LogP contribution in [0.15, 0.2) is 41.3 Å². The van der Waals surface area contributed by atoms with Crippen molar-refractivity contribution >= 4 is 33.4 Å². The van der Waals surface area contributed by atoms with Crippen LogP contribution in [0, 0.1) is 0 Å². The number of hydrogen-bond donors (Lipinski definition) is 0. The summed E-state index contributed by atoms with van der Waals surface area (Å²) >= 11 is 6.13. The molecular weight excluding hydrogens is 458 g/mol. The standard InChI is InChI=1S/C22H24ClNO7S/c1-29-19-9-7-15(12-20(19)30-2)18(25)14-31-22(26)16-6-8-17(23)21(13-16)32(27,28)24-10-4-3-5-11-24/h6-9,12-13H,3-5,10-11,14H2,1-2H3. The molecule has 0 unspecified atom stereocenters. The van der Waals surface area contributed by atoms with Crippen molar-refractivity contribution in [1.29, 1.82) is 0 Å². The van der Waals surface area contributed by atoms with E-state index < -0.39 is 28.4 Å². The zero-order valence-corrected chi connectivity index (χ0v) is 19.4. The van der Waals surface area contributed by atoms with E-state index in [4.69, 9.17) is 25.8 Å². The molecule has 1 aliphatic rings. The van der Waals surface area contributed by atoms with Crippen molar-refractivity contribution in [2.45, 2.75) is 24.2 Å². The quantitative estimate of drug-likeness (QED) is 0.419. The van der Waals surface area contributed by atoms with Crippen LogP contribution in [0.1, 0.15) is 40.0 Å². The molecule has 32 heavy (non-hydrogen) atoms. The lowest BCUT2D eigenvalue weighted by Crippen LogP contribution is -2.35. The number of Topliss-reactive ketones (excluding diaryl/α,β-unsaturated/α-hetero) is 1. The molecule has 8 nitrogen and oxygen atoms in total. The van der Waals surface area contributed by atoms with Crippen LogP contribution >= 0.6 is 11.6 Å². The van der Waals surface area contributed by atoms with E-state index in [9.17, 15) is 18.0 Å². The minimum atomic E-state index is -3.84. The van der Waals surface area contributed by atoms with Crippen molar-refractivity contribution < 1.29 is 32.2 Å². The Labute approximate surface area is 192 Å². The van der Waals surface area contributed by atoms with Crippen molar-refractivity contribution in [3.63, 3.8) is 0 Å². The van der Waals surface area contributed by atoms with E-state index in [0.717, 1.165) is 19.3 Å². The molecule has 0 N–H and O–H groups in total. The number of hydrogen-bond acceptors (Lipinski definition) is 7. The summed E-state index contributed by atoms with van der Waals surface area (Å²) in [4.78, 5) is 24.8. The summed E-state index contributed by atoms with van der Waals surface area (Å²) in [6.07, 6.45) is 2.52. The van der Waals surface area contributed by atoms with Crippen LogP contribution in [0.25, 0.3) is 0 Å². The van der Waals surface area contributed by atoms with Crippen molar-refractivity contribution in [1.82, 2.24) is 4.31 Å². The predicted octanol–water partition coefficient (Wildman–Crippen LogP) is 3.57. The van der Waals surface area contributed by atoms with Gasteiger partial charge in [-0.15, -0.1) is 0 Å². The lowest BCUT2D eigenvalue weighted by Gasteiger charge is -2.26. The monoisotopic (exact) mass is 481 g/mol. The molecule has 10 heteroatoms. The molecule has 0 bridgehead atoms. The molecule has 172 valence electrons. The number of carbonyl (C=O) groups is 2. The second kappa shape index (κ2) is 10.3. The van der Waals surface area contributed by atoms with Crippen molar-refractivity contribution in [2.24, 2.45) is 0 Å². The second-order valence-corrected chi connectivity index (χ2v) is 9.49. The first-order valence-corrected chi connectivity index (χ1v) is 11.8. The van der Waals surface area contributed by atoms with E-state index in [-0.39, 0.29) is 21.0 Å². The number of methoxy groups -OCH3 is 2. The first-order valence-electron chi connectivity index (χ1n) is 10.00. The third kappa shape index (κ3) is 5.23. The van der Waals surface area contributed by atoms with Crippen LogP contribution < -0.4 is 9.47 Å². The van der Waals surface area contributed by atoms with Crippen LogP contribution in [0.2, 0.25) is 5.02 Å². The maximum atomic E-state index is 13.0. The SMILES string of the molecule is COc1ccc(C(=O)COC(=O)c2ccc(Cl)c(S(=O)(=O)N3CCCCC3)c2)cc1OC. The van der Waals surface area contributed by atoms with Gasteiger partial charge >= 0.3 is 5.97 Å². The molecule has 0 atom stereocenters. The highest BCUT2D eigenvalue weighted by atomic mass is 35.5. The molecule has 0 aliphatic carbocycles. The minimum absolute atomic E-state index is 0.00917. The topological polar surface area (TPSA) is 99.2 Å². The highest BCUT2D eigenvalue weighted by molar-refractivity contribution is 7.89. The molecule has 2 aromatic rings. The van der Waals surface area contributed by atoms with Crippen molar-refractivity contribution in [3.05, 3.63) is 52.5 Å². The summed E-state index contributed by atoms with van der Waals surface area (Å²) in [5, 5.41) is 0.0218. The molecular formula is C22H24ClNO7S. The lowest BCUT2D eigenvalue weighted by molar-refractivity contribution is 0.0474. The fourth-order valence-electron chi connectivity index (χ4n) is 3.38. The number of ether oxygens (including phenoxy) is 3. The number of piperidine rings is 1. The van der Waals surface area contributed by atoms with Crippen LogP contribution in [0.5, 0.6) is 11.5 Å². The summed E-state index contributed by atoms with van der Waals surface area (Å²) < 4.78 is 42.7. The molecule has 0 amide bonds. The first-order chi connectivity index (χ1) is 15.3. The Balaban J connectivity index is 1.73. The Morgan fingerprint density at radius 3 is 2.25 bits per heavy atom. The van der Waals surface area contributed by atoms with Gasteiger partial charge in [0.25, 0.3) is 0 Å². The highest BCUT2D eigenvalue weighted by Crippen LogP contribution is 2.29. The van der Waals surface area contributed by atoms with Crippen LogP contribution in [-0.4, -0.2) is 58.4 Å². The van der Waals surface area contributed by atoms with Gasteiger partial charge in [-0.25, -0.2) is 13.2 Å². The van der Waals surface area contributed by atoms with E-state index in [2.05, 4.69) is 0 Å². The molecule has 1 saturated heterocycles. The van der Waals surface area contributed by atoms with Crippen LogP contribution in [-0.2, 0) is 14.8 Å². The number of esters is 1. The lowest BCUT2D eigenvalue weighted by atomic mass is 10.1. The van der Waals surface area contributed by atoms with Crippen molar-refractivity contribution in [3.8, 4) is 11.5 Å². The number of ketones is 1. The third-order valence-corrected chi connectivity index (χ3v) is 7.52. The third-order valence-electron chi connectivity index (χ3n) is 5.14. The molecule has 0 radical (unpaired) electrons. The van der Waals surface area contributed by atoms with Gasteiger partial charge in [-0.3, -0.25) is 4.79 Å². The van der Waals surface area contributed by atoms with Gasteiger partial charge in [0.15, 0.2) is 23.9 Å². The maximum absolute atomic E-state index is 13.0. The van der Waals surface area contributed by atoms with E-state index in [1.165, 1.54) is 48.9 Å². The van der Waals surface area contributed by atoms with Gasteiger partial charge in [-0.1, -0.05) is 18.0 Å². The van der Waals surface area contributed by atoms with Gasteiger partial charge in [0.2, 0.25) is 10.0 Å². The van der Waals surface area contributed by atoms with E-state index in [1.54, 1.807) is 6.07 Å². The van der Waals surface area contributed by atoms with E-state index in [0.29, 0.717) is 24.6 Å². The average molecular weight is 482 g/mol. The van der Waals surface area contributed by atoms with Gasteiger partial charge in [0.05, 0.1) is 24.8 Å². The molecule has 3 rings (SSSR count). The number of halogens is 1. The van der Waals surface area contributed by atoms with Crippen molar-refractivity contribution in [2.75, 3.05) is 33.9 Å². The summed E-state index contributed by atoms with van der Waals surface area (Å²) in [6.45, 7) is 0.297. The summed E-state index contributed by atoms with van der Waals surface area (Å²) in [6, 6.07) is 8.48. The number of rotatable bonds is 8. The number of nitrogens with zero attached hydrogens (tertiary/aromatic N) is 1. The fraction of sp³-hybridized carbons (Fsp3) is 0.364. The summed E-state index contributed by atoms with van der Waals surface area (Å²) in [5.74, 6) is -0.445. The number of sulfonamides is 1. The normalized spacial score (nSPS) is 14.6. The maximum Gasteiger partial charge on any atom is 0.338 e. The van der Waals surface area contributed by atoms with E-state index in [1.807, 2.05) is 0 Å². The number of carbonyl (C=O) groups excluding carboxylic acids is 2. The second-order valence-electron chi connectivity index (χ2n) is 7.18. The van der Waals surface area contributed by atoms with Gasteiger partial charge in [0.1, 0.15) is 4.90 Å². The van der Waals surface area contributed by atoms with Gasteiger partial charge in [-0.2, -0.15) is 4.31 Å². The molecule has 1 aliphatic heterocycles. The van der Waals surface area contributed by atoms with E-state index >= 15 is 0 Å². The summed E-state index contributed by atoms with van der Waals surface area (Å²) in [5.41, 5.74) is 0.269. The minimum Gasteiger partial charge on any atom is -0.493 e. The fourth-order valence-corrected chi connectivity index (χ4v) is 5.40. The molecule has 1 fully saturated rings. The predicted molar refractivity (Wildman–Crippen MR) is 118 cm³/mol. The van der Waals surface area contributed by atoms with Gasteiger partial charge in [-0.05, 0) is 49.2 Å². The van der Waals surface area contributed by atoms with Gasteiger partial charge < -0.3 is 14.2 Å². The Morgan fingerprint density at radius 1 is 0.938 bits per heavy atom. The molecule has 0 saturated carbocycles.